The molecule has 0 aliphatic heterocycles. The van der Waals surface area contributed by atoms with E-state index >= 15 is 0 Å². The third kappa shape index (κ3) is 65.5. The van der Waals surface area contributed by atoms with Crippen LogP contribution in [0, 0.1) is 498 Å². The summed E-state index contributed by atoms with van der Waals surface area (Å²) in [6.45, 7) is 1.68. The van der Waals surface area contributed by atoms with Crippen LogP contribution >= 0.6 is 0 Å². The Bertz CT molecular complexity index is 5820. The molecule has 0 aromatic heterocycles. The average Bonchev–Trinajstić information content (AvgIpc) is 3.51. The summed E-state index contributed by atoms with van der Waals surface area (Å²) in [5, 5.41) is 0. The molecule has 0 rings (SSSR count). The predicted molar refractivity (Wildman–Crippen MR) is 332 cm³/mol. The van der Waals surface area contributed by atoms with E-state index in [0.29, 0.717) is 0 Å². The van der Waals surface area contributed by atoms with Crippen molar-refractivity contribution in [3.63, 3.8) is 0 Å². The van der Waals surface area contributed by atoms with Gasteiger partial charge in [-0.3, -0.25) is 5.92 Å². The molecule has 85 heavy (non-hydrogen) atoms. The maximum absolute atomic E-state index is 6.58. The molecule has 0 saturated heterocycles. The Kier molecular flexibility index (Phi) is 51.3. The molecule has 0 aromatic carbocycles. The van der Waals surface area contributed by atoms with Crippen molar-refractivity contribution in [3.05, 3.63) is 6.42 Å². The first-order valence-corrected chi connectivity index (χ1v) is 21.2. The molecule has 0 saturated carbocycles. The molecule has 0 N–H and O–H groups in total. The van der Waals surface area contributed by atoms with Crippen LogP contribution < -0.4 is 0 Å². The molecular weight excluding hydrogens is 1020 g/mol. The van der Waals surface area contributed by atoms with Crippen LogP contribution in [-0.4, -0.2) is 0 Å². The Labute approximate surface area is 501 Å². The van der Waals surface area contributed by atoms with Crippen molar-refractivity contribution in [2.75, 3.05) is 0 Å². The highest BCUT2D eigenvalue weighted by molar-refractivity contribution is 5.54. The third-order valence-electron chi connectivity index (χ3n) is 5.19. The highest BCUT2D eigenvalue weighted by atomic mass is 13.7. The molecule has 0 aliphatic carbocycles. The Morgan fingerprint density at radius 2 is 0.153 bits per heavy atom. The minimum absolute atomic E-state index is 1.68. The molecule has 0 atom stereocenters. The smallest absolute Gasteiger partial charge is 0 e. The summed E-state index contributed by atoms with van der Waals surface area (Å²) in [7, 11) is 0. The van der Waals surface area contributed by atoms with Crippen molar-refractivity contribution in [1.82, 2.24) is 0 Å². The first-order chi connectivity index (χ1) is 42.4. The molecule has 0 aliphatic rings. The summed E-state index contributed by atoms with van der Waals surface area (Å²) < 4.78 is 0. The lowest BCUT2D eigenvalue weighted by atomic mass is 10.4. The molecule has 0 amide bonds. The van der Waals surface area contributed by atoms with Crippen molar-refractivity contribution in [1.29, 1.82) is 0 Å². The molecule has 0 bridgehead atoms. The van der Waals surface area contributed by atoms with Crippen molar-refractivity contribution >= 4 is 0 Å². The molecule has 0 nitrogen and oxygen atoms in total. The van der Waals surface area contributed by atoms with Crippen LogP contribution in [0.4, 0.5) is 0 Å². The van der Waals surface area contributed by atoms with E-state index in [2.05, 4.69) is 485 Å². The summed E-state index contributed by atoms with van der Waals surface area (Å²) >= 11 is 0. The predicted octanol–water partition coefficient (Wildman–Crippen LogP) is 0.735. The lowest BCUT2D eigenvalue weighted by molar-refractivity contribution is 1.92. The fourth-order valence-electron chi connectivity index (χ4n) is 2.56. The second kappa shape index (κ2) is 65.5. The van der Waals surface area contributed by atoms with Crippen LogP contribution in [0.5, 0.6) is 0 Å². The summed E-state index contributed by atoms with van der Waals surface area (Å²) in [5.41, 5.74) is 0. The van der Waals surface area contributed by atoms with E-state index in [-0.39, 0.29) is 0 Å². The van der Waals surface area contributed by atoms with Crippen LogP contribution in [-0.2, 0) is 0 Å². The van der Waals surface area contributed by atoms with Crippen LogP contribution in [0.15, 0.2) is 0 Å². The lowest BCUT2D eigenvalue weighted by Crippen LogP contribution is -1.57. The van der Waals surface area contributed by atoms with E-state index in [9.17, 15) is 0 Å². The van der Waals surface area contributed by atoms with Gasteiger partial charge < -0.3 is 6.42 Å². The minimum atomic E-state index is 1.68. The number of rotatable bonds is 0. The lowest BCUT2D eigenvalue weighted by Gasteiger charge is -1.63. The van der Waals surface area contributed by atoms with Gasteiger partial charge in [0.15, 0.2) is 0 Å². The summed E-state index contributed by atoms with van der Waals surface area (Å²) in [6, 6.07) is 0. The highest BCUT2D eigenvalue weighted by Crippen LogP contribution is 1.66. The first-order valence-electron chi connectivity index (χ1n) is 21.2. The van der Waals surface area contributed by atoms with E-state index < -0.39 is 0 Å². The highest BCUT2D eigenvalue weighted by Gasteiger charge is 1.65. The average molecular weight is 1020 g/mol. The SMILES string of the molecule is [C-]#CC#CC#CC#CC#CC#CC#CC#CC#CC#CC#CC#CC#CC#CC#CC#CC#CC#CC#CC#CC#CC#CC#CC#CC#CC#CC#CC#CC#CC#CC#CC#CC#CC#CC#CC#CC#CC#CC#CC#CC#CC#CC. The molecule has 0 heterocycles. The first kappa shape index (κ1) is 66.5. The van der Waals surface area contributed by atoms with E-state index in [1.807, 2.05) is 5.92 Å². The van der Waals surface area contributed by atoms with Gasteiger partial charge >= 0.3 is 0 Å². The van der Waals surface area contributed by atoms with Gasteiger partial charge in [0, 0.05) is 373 Å². The molecule has 0 fully saturated rings. The second-order valence-corrected chi connectivity index (χ2v) is 10.5. The Morgan fingerprint density at radius 1 is 0.0941 bits per heavy atom. The van der Waals surface area contributed by atoms with Gasteiger partial charge in [0.1, 0.15) is 0 Å². The van der Waals surface area contributed by atoms with Crippen molar-refractivity contribution < 1.29 is 0 Å². The molecule has 0 unspecified atom stereocenters. The van der Waals surface area contributed by atoms with Crippen LogP contribution in [0.3, 0.4) is 0 Å². The van der Waals surface area contributed by atoms with Crippen LogP contribution in [0.25, 0.3) is 0 Å². The standard InChI is InChI=1S/C85H3/c1-3-5-7-9-11-13-15-17-19-21-23-25-27-29-31-33-35-37-39-41-43-45-47-49-51-53-55-57-59-61-63-65-67-69-71-73-75-77-79-81-83-85-84-82-80-78-76-74-72-70-68-66-64-62-60-58-56-54-52-50-48-46-44-42-40-38-36-34-32-30-28-26-24-22-20-18-16-14-12-10-8-6-4-2/h1H3/q-1. The van der Waals surface area contributed by atoms with Gasteiger partial charge in [-0.05, 0) is 102 Å². The maximum Gasteiger partial charge on any atom is 0 e. The van der Waals surface area contributed by atoms with Gasteiger partial charge in [0.2, 0.25) is 0 Å². The Balaban J connectivity index is 4.62. The van der Waals surface area contributed by atoms with E-state index in [0.717, 1.165) is 0 Å². The molecule has 0 spiro atoms. The van der Waals surface area contributed by atoms with Gasteiger partial charge in [-0.1, -0.05) is 5.92 Å². The summed E-state index contributed by atoms with van der Waals surface area (Å²) in [5.74, 6) is 206. The monoisotopic (exact) mass is 1020 g/mol. The van der Waals surface area contributed by atoms with Crippen molar-refractivity contribution in [2.24, 2.45) is 0 Å². The maximum atomic E-state index is 6.58. The van der Waals surface area contributed by atoms with Gasteiger partial charge in [0.05, 0.1) is 0 Å². The van der Waals surface area contributed by atoms with Crippen molar-refractivity contribution in [2.45, 2.75) is 6.92 Å². The van der Waals surface area contributed by atoms with Crippen molar-refractivity contribution in [3.8, 4) is 491 Å². The minimum Gasteiger partial charge on any atom is -0.358 e. The number of hydrogen-bond donors (Lipinski definition) is 0. The van der Waals surface area contributed by atoms with Gasteiger partial charge in [-0.2, -0.15) is 0 Å². The largest absolute Gasteiger partial charge is 0.358 e. The number of hydrogen-bond acceptors (Lipinski definition) is 0. The van der Waals surface area contributed by atoms with Crippen LogP contribution in [0.1, 0.15) is 6.92 Å². The summed E-state index contributed by atoms with van der Waals surface area (Å²) in [4.78, 5) is 0. The zero-order valence-corrected chi connectivity index (χ0v) is 43.0. The molecule has 344 valence electrons. The zero-order chi connectivity index (χ0) is 60.7. The van der Waals surface area contributed by atoms with E-state index in [1.165, 1.54) is 0 Å². The molecule has 0 radical (unpaired) electrons. The zero-order valence-electron chi connectivity index (χ0n) is 43.0. The summed E-state index contributed by atoms with van der Waals surface area (Å²) in [6.07, 6.45) is 6.58. The fraction of sp³-hybridized carbons (Fsp3) is 0.0118. The third-order valence-corrected chi connectivity index (χ3v) is 5.19. The van der Waals surface area contributed by atoms with Gasteiger partial charge in [0.25, 0.3) is 0 Å². The molecular formula is C85H3-. The van der Waals surface area contributed by atoms with Gasteiger partial charge in [-0.15, -0.1) is 5.92 Å². The Morgan fingerprint density at radius 3 is 0.212 bits per heavy atom. The molecule has 0 heteroatoms. The fourth-order valence-corrected chi connectivity index (χ4v) is 2.56. The van der Waals surface area contributed by atoms with Gasteiger partial charge in [-0.25, -0.2) is 5.92 Å². The quantitative estimate of drug-likeness (QED) is 0.249. The molecule has 0 aromatic rings. The normalized spacial score (nSPS) is 3.95. The Hall–Kier alpha value is -18.5. The topological polar surface area (TPSA) is 0 Å². The van der Waals surface area contributed by atoms with Crippen LogP contribution in [0.2, 0.25) is 0 Å². The second-order valence-electron chi connectivity index (χ2n) is 10.5. The van der Waals surface area contributed by atoms with E-state index in [4.69, 9.17) is 6.42 Å². The van der Waals surface area contributed by atoms with E-state index in [1.54, 1.807) is 6.92 Å².